The Hall–Kier alpha value is -3.15. The van der Waals surface area contributed by atoms with E-state index in [1.165, 1.54) is 199 Å². The lowest BCUT2D eigenvalue weighted by Gasteiger charge is -2.18. The van der Waals surface area contributed by atoms with Crippen molar-refractivity contribution >= 4 is 17.9 Å². The molecule has 0 bridgehead atoms. The van der Waals surface area contributed by atoms with Crippen LogP contribution in [0.15, 0.2) is 72.9 Å². The van der Waals surface area contributed by atoms with Crippen molar-refractivity contribution in [1.82, 2.24) is 0 Å². The maximum atomic E-state index is 12.9. The van der Waals surface area contributed by atoms with Crippen molar-refractivity contribution in [2.24, 2.45) is 0 Å². The lowest BCUT2D eigenvalue weighted by Crippen LogP contribution is -2.30. The quantitative estimate of drug-likeness (QED) is 0.0261. The van der Waals surface area contributed by atoms with Gasteiger partial charge in [-0.1, -0.05) is 306 Å². The minimum absolute atomic E-state index is 0.0814. The van der Waals surface area contributed by atoms with E-state index in [1.807, 2.05) is 0 Å². The molecule has 0 amide bonds. The molecule has 0 rings (SSSR count). The molecule has 0 aromatic carbocycles. The third-order valence-electron chi connectivity index (χ3n) is 14.7. The summed E-state index contributed by atoms with van der Waals surface area (Å²) in [5.74, 6) is -0.888. The second kappa shape index (κ2) is 65.4. The molecule has 446 valence electrons. The summed E-state index contributed by atoms with van der Waals surface area (Å²) in [6.07, 6.45) is 85.0. The fourth-order valence-electron chi connectivity index (χ4n) is 9.70. The van der Waals surface area contributed by atoms with Crippen molar-refractivity contribution < 1.29 is 28.6 Å². The SMILES string of the molecule is CC/C=C\C/C=C\C/C=C\C/C=C\CCCCCCC(=O)OC(COC(=O)CCCCCCCCCCCCCCC)COC(=O)CCCCCCCCCCCCCCCCCCC/C=C\C/C=C\CCCCCCC. The number of carbonyl (C=O) groups is 3. The number of rotatable bonds is 61. The zero-order chi connectivity index (χ0) is 55.7. The molecule has 1 unspecified atom stereocenters. The van der Waals surface area contributed by atoms with E-state index in [1.54, 1.807) is 0 Å². The normalized spacial score (nSPS) is 12.5. The van der Waals surface area contributed by atoms with Gasteiger partial charge in [0.05, 0.1) is 0 Å². The van der Waals surface area contributed by atoms with Gasteiger partial charge in [-0.2, -0.15) is 0 Å². The summed E-state index contributed by atoms with van der Waals surface area (Å²) >= 11 is 0. The molecule has 1 atom stereocenters. The summed E-state index contributed by atoms with van der Waals surface area (Å²) in [5.41, 5.74) is 0. The molecule has 0 aliphatic carbocycles. The van der Waals surface area contributed by atoms with Crippen LogP contribution in [0.4, 0.5) is 0 Å². The van der Waals surface area contributed by atoms with Crippen LogP contribution in [0, 0.1) is 0 Å². The molecule has 0 radical (unpaired) electrons. The molecule has 0 N–H and O–H groups in total. The van der Waals surface area contributed by atoms with E-state index < -0.39 is 6.10 Å². The van der Waals surface area contributed by atoms with Gasteiger partial charge in [-0.05, 0) is 89.9 Å². The molecule has 0 saturated carbocycles. The van der Waals surface area contributed by atoms with E-state index in [9.17, 15) is 14.4 Å². The minimum Gasteiger partial charge on any atom is -0.462 e. The van der Waals surface area contributed by atoms with Gasteiger partial charge in [0.2, 0.25) is 0 Å². The topological polar surface area (TPSA) is 78.9 Å². The van der Waals surface area contributed by atoms with Crippen molar-refractivity contribution in [2.75, 3.05) is 13.2 Å². The number of allylic oxidation sites excluding steroid dienone is 12. The van der Waals surface area contributed by atoms with E-state index in [-0.39, 0.29) is 31.1 Å². The van der Waals surface area contributed by atoms with Crippen LogP contribution in [-0.4, -0.2) is 37.2 Å². The van der Waals surface area contributed by atoms with Crippen LogP contribution in [0.3, 0.4) is 0 Å². The van der Waals surface area contributed by atoms with E-state index in [4.69, 9.17) is 14.2 Å². The molecule has 0 heterocycles. The molecule has 0 aromatic rings. The van der Waals surface area contributed by atoms with E-state index in [0.717, 1.165) is 103 Å². The smallest absolute Gasteiger partial charge is 0.306 e. The molecule has 6 nitrogen and oxygen atoms in total. The Labute approximate surface area is 478 Å². The van der Waals surface area contributed by atoms with Crippen LogP contribution in [0.5, 0.6) is 0 Å². The highest BCUT2D eigenvalue weighted by Crippen LogP contribution is 2.17. The van der Waals surface area contributed by atoms with Gasteiger partial charge in [-0.25, -0.2) is 0 Å². The van der Waals surface area contributed by atoms with Gasteiger partial charge < -0.3 is 14.2 Å². The van der Waals surface area contributed by atoms with Crippen LogP contribution >= 0.6 is 0 Å². The largest absolute Gasteiger partial charge is 0.462 e. The van der Waals surface area contributed by atoms with Crippen molar-refractivity contribution in [3.8, 4) is 0 Å². The maximum Gasteiger partial charge on any atom is 0.306 e. The van der Waals surface area contributed by atoms with Crippen molar-refractivity contribution in [3.05, 3.63) is 72.9 Å². The first-order chi connectivity index (χ1) is 38.0. The molecule has 0 fully saturated rings. The summed E-state index contributed by atoms with van der Waals surface area (Å²) in [6.45, 7) is 6.54. The van der Waals surface area contributed by atoms with Crippen LogP contribution in [-0.2, 0) is 28.6 Å². The van der Waals surface area contributed by atoms with Gasteiger partial charge in [-0.3, -0.25) is 14.4 Å². The van der Waals surface area contributed by atoms with Gasteiger partial charge in [-0.15, -0.1) is 0 Å². The maximum absolute atomic E-state index is 12.9. The second-order valence-electron chi connectivity index (χ2n) is 22.4. The molecule has 6 heteroatoms. The summed E-state index contributed by atoms with van der Waals surface area (Å²) < 4.78 is 16.9. The zero-order valence-electron chi connectivity index (χ0n) is 51.2. The number of ether oxygens (including phenoxy) is 3. The fourth-order valence-corrected chi connectivity index (χ4v) is 9.70. The highest BCUT2D eigenvalue weighted by molar-refractivity contribution is 5.71. The van der Waals surface area contributed by atoms with Crippen LogP contribution in [0.25, 0.3) is 0 Å². The lowest BCUT2D eigenvalue weighted by molar-refractivity contribution is -0.167. The van der Waals surface area contributed by atoms with Gasteiger partial charge >= 0.3 is 17.9 Å². The highest BCUT2D eigenvalue weighted by atomic mass is 16.6. The molecule has 0 saturated heterocycles. The fraction of sp³-hybridized carbons (Fsp3) is 0.789. The van der Waals surface area contributed by atoms with Crippen molar-refractivity contribution in [3.63, 3.8) is 0 Å². The first-order valence-electron chi connectivity index (χ1n) is 33.4. The van der Waals surface area contributed by atoms with Gasteiger partial charge in [0, 0.05) is 19.3 Å². The Morgan fingerprint density at radius 2 is 0.506 bits per heavy atom. The average Bonchev–Trinajstić information content (AvgIpc) is 3.43. The van der Waals surface area contributed by atoms with Crippen LogP contribution < -0.4 is 0 Å². The van der Waals surface area contributed by atoms with Gasteiger partial charge in [0.15, 0.2) is 6.10 Å². The van der Waals surface area contributed by atoms with E-state index >= 15 is 0 Å². The summed E-state index contributed by atoms with van der Waals surface area (Å²) in [6, 6.07) is 0. The average molecular weight is 1080 g/mol. The molecule has 0 spiro atoms. The lowest BCUT2D eigenvalue weighted by atomic mass is 10.0. The summed E-state index contributed by atoms with van der Waals surface area (Å²) in [4.78, 5) is 38.3. The zero-order valence-corrected chi connectivity index (χ0v) is 51.2. The third-order valence-corrected chi connectivity index (χ3v) is 14.7. The molecule has 77 heavy (non-hydrogen) atoms. The predicted octanol–water partition coefficient (Wildman–Crippen LogP) is 22.9. The summed E-state index contributed by atoms with van der Waals surface area (Å²) in [7, 11) is 0. The Morgan fingerprint density at radius 1 is 0.273 bits per heavy atom. The number of carbonyl (C=O) groups excluding carboxylic acids is 3. The molecule has 0 aromatic heterocycles. The van der Waals surface area contributed by atoms with Crippen LogP contribution in [0.2, 0.25) is 0 Å². The monoisotopic (exact) mass is 1070 g/mol. The first-order valence-corrected chi connectivity index (χ1v) is 33.4. The third kappa shape index (κ3) is 63.6. The number of esters is 3. The second-order valence-corrected chi connectivity index (χ2v) is 22.4. The van der Waals surface area contributed by atoms with Crippen molar-refractivity contribution in [1.29, 1.82) is 0 Å². The standard InChI is InChI=1S/C71H126O6/c1-4-7-10-13-16-19-22-25-27-29-30-31-32-33-34-35-36-37-38-39-40-42-43-46-49-52-55-58-61-64-70(73)76-67-68(66-75-69(72)63-60-57-54-51-48-45-24-21-18-15-12-9-6-3)77-71(74)65-62-59-56-53-50-47-44-41-28-26-23-20-17-14-11-8-5-2/h8,11,17,20,22,25-26,28-30,44,47,68H,4-7,9-10,12-16,18-19,21,23-24,27,31-43,45-46,48-67H2,1-3H3/b11-8-,20-17-,25-22-,28-26-,30-29-,47-44-. The number of unbranched alkanes of at least 4 members (excludes halogenated alkanes) is 38. The van der Waals surface area contributed by atoms with Crippen LogP contribution in [0.1, 0.15) is 342 Å². The van der Waals surface area contributed by atoms with E-state index in [0.29, 0.717) is 19.3 Å². The molecular weight excluding hydrogens is 949 g/mol. The van der Waals surface area contributed by atoms with Gasteiger partial charge in [0.25, 0.3) is 0 Å². The number of hydrogen-bond acceptors (Lipinski definition) is 6. The van der Waals surface area contributed by atoms with E-state index in [2.05, 4.69) is 93.7 Å². The Balaban J connectivity index is 4.22. The molecular formula is C71H126O6. The first kappa shape index (κ1) is 73.8. The molecule has 0 aliphatic rings. The molecule has 0 aliphatic heterocycles. The minimum atomic E-state index is -0.787. The van der Waals surface area contributed by atoms with Gasteiger partial charge in [0.1, 0.15) is 13.2 Å². The Bertz CT molecular complexity index is 1420. The number of hydrogen-bond donors (Lipinski definition) is 0. The Morgan fingerprint density at radius 3 is 0.792 bits per heavy atom. The Kier molecular flexibility index (Phi) is 62.7. The predicted molar refractivity (Wildman–Crippen MR) is 335 cm³/mol. The summed E-state index contributed by atoms with van der Waals surface area (Å²) in [5, 5.41) is 0. The highest BCUT2D eigenvalue weighted by Gasteiger charge is 2.19. The van der Waals surface area contributed by atoms with Crippen molar-refractivity contribution in [2.45, 2.75) is 348 Å².